The average Bonchev–Trinajstić information content (AvgIpc) is 3.11. The molecule has 0 aliphatic carbocycles. The highest BCUT2D eigenvalue weighted by atomic mass is 32.2. The Balaban J connectivity index is 1.60. The van der Waals surface area contributed by atoms with Crippen molar-refractivity contribution < 1.29 is 9.13 Å². The van der Waals surface area contributed by atoms with Gasteiger partial charge >= 0.3 is 0 Å². The zero-order chi connectivity index (χ0) is 18.5. The van der Waals surface area contributed by atoms with Gasteiger partial charge in [-0.1, -0.05) is 60.3 Å². The summed E-state index contributed by atoms with van der Waals surface area (Å²) < 4.78 is 21.5. The van der Waals surface area contributed by atoms with Gasteiger partial charge in [-0.15, -0.1) is 10.2 Å². The van der Waals surface area contributed by atoms with Crippen LogP contribution in [0.3, 0.4) is 0 Å². The van der Waals surface area contributed by atoms with E-state index in [1.807, 2.05) is 30.3 Å². The molecule has 0 atom stereocenters. The van der Waals surface area contributed by atoms with Crippen molar-refractivity contribution in [1.82, 2.24) is 14.8 Å². The summed E-state index contributed by atoms with van der Waals surface area (Å²) in [6.45, 7) is 3.65. The van der Waals surface area contributed by atoms with E-state index in [4.69, 9.17) is 4.74 Å². The number of nitrogens with zero attached hydrogens (tertiary/aromatic N) is 4. The molecule has 140 valence electrons. The number of morpholine rings is 1. The first-order valence-corrected chi connectivity index (χ1v) is 9.96. The summed E-state index contributed by atoms with van der Waals surface area (Å²) in [5, 5.41) is 9.64. The summed E-state index contributed by atoms with van der Waals surface area (Å²) >= 11 is 1.51. The standard InChI is InChI=1S/C20H21FN4OS/c21-18-9-5-4-8-17(18)15-27-20-23-22-19(24-10-12-26-13-11-24)25(20)14-16-6-2-1-3-7-16/h1-9H,10-15H2. The number of hydrogen-bond donors (Lipinski definition) is 0. The van der Waals surface area contributed by atoms with Crippen molar-refractivity contribution in [2.75, 3.05) is 31.2 Å². The van der Waals surface area contributed by atoms with Crippen molar-refractivity contribution in [3.8, 4) is 0 Å². The topological polar surface area (TPSA) is 43.2 Å². The smallest absolute Gasteiger partial charge is 0.228 e. The molecule has 0 unspecified atom stereocenters. The van der Waals surface area contributed by atoms with E-state index in [-0.39, 0.29) is 5.82 Å². The lowest BCUT2D eigenvalue weighted by Gasteiger charge is -2.28. The molecule has 27 heavy (non-hydrogen) atoms. The molecule has 2 heterocycles. The molecule has 0 amide bonds. The first-order valence-electron chi connectivity index (χ1n) is 8.97. The summed E-state index contributed by atoms with van der Waals surface area (Å²) in [6, 6.07) is 17.1. The van der Waals surface area contributed by atoms with E-state index in [0.29, 0.717) is 31.1 Å². The number of benzene rings is 2. The highest BCUT2D eigenvalue weighted by Crippen LogP contribution is 2.27. The molecule has 3 aromatic rings. The van der Waals surface area contributed by atoms with Crippen LogP contribution < -0.4 is 4.90 Å². The quantitative estimate of drug-likeness (QED) is 0.608. The molecule has 1 saturated heterocycles. The minimum atomic E-state index is -0.187. The van der Waals surface area contributed by atoms with E-state index in [1.54, 1.807) is 6.07 Å². The van der Waals surface area contributed by atoms with E-state index < -0.39 is 0 Å². The van der Waals surface area contributed by atoms with Crippen LogP contribution in [0, 0.1) is 5.82 Å². The molecule has 0 N–H and O–H groups in total. The first kappa shape index (κ1) is 18.0. The monoisotopic (exact) mass is 384 g/mol. The Labute approximate surface area is 162 Å². The third-order valence-corrected chi connectivity index (χ3v) is 5.50. The molecule has 1 aliphatic heterocycles. The van der Waals surface area contributed by atoms with Gasteiger partial charge in [0.15, 0.2) is 5.16 Å². The van der Waals surface area contributed by atoms with Crippen molar-refractivity contribution in [1.29, 1.82) is 0 Å². The van der Waals surface area contributed by atoms with E-state index >= 15 is 0 Å². The van der Waals surface area contributed by atoms with Gasteiger partial charge in [0.05, 0.1) is 19.8 Å². The molecule has 1 fully saturated rings. The van der Waals surface area contributed by atoms with Crippen molar-refractivity contribution in [2.24, 2.45) is 0 Å². The number of aromatic nitrogens is 3. The summed E-state index contributed by atoms with van der Waals surface area (Å²) in [4.78, 5) is 2.20. The largest absolute Gasteiger partial charge is 0.378 e. The van der Waals surface area contributed by atoms with Crippen LogP contribution >= 0.6 is 11.8 Å². The lowest BCUT2D eigenvalue weighted by molar-refractivity contribution is 0.121. The molecular formula is C20H21FN4OS. The minimum Gasteiger partial charge on any atom is -0.378 e. The van der Waals surface area contributed by atoms with Crippen LogP contribution in [-0.4, -0.2) is 41.1 Å². The van der Waals surface area contributed by atoms with Crippen molar-refractivity contribution >= 4 is 17.7 Å². The van der Waals surface area contributed by atoms with Crippen LogP contribution in [0.2, 0.25) is 0 Å². The van der Waals surface area contributed by atoms with Gasteiger partial charge in [-0.2, -0.15) is 0 Å². The third-order valence-electron chi connectivity index (χ3n) is 4.49. The van der Waals surface area contributed by atoms with Crippen LogP contribution in [0.15, 0.2) is 59.8 Å². The van der Waals surface area contributed by atoms with Crippen molar-refractivity contribution in [2.45, 2.75) is 17.5 Å². The van der Waals surface area contributed by atoms with Crippen LogP contribution in [0.25, 0.3) is 0 Å². The Morgan fingerprint density at radius 1 is 0.963 bits per heavy atom. The number of halogens is 1. The number of rotatable bonds is 6. The first-order chi connectivity index (χ1) is 13.3. The van der Waals surface area contributed by atoms with E-state index in [1.165, 1.54) is 23.4 Å². The van der Waals surface area contributed by atoms with Crippen LogP contribution in [0.1, 0.15) is 11.1 Å². The second-order valence-corrected chi connectivity index (χ2v) is 7.28. The fraction of sp³-hybridized carbons (Fsp3) is 0.300. The third kappa shape index (κ3) is 4.31. The zero-order valence-electron chi connectivity index (χ0n) is 14.9. The van der Waals surface area contributed by atoms with Gasteiger partial charge in [0, 0.05) is 18.8 Å². The van der Waals surface area contributed by atoms with Gasteiger partial charge < -0.3 is 9.64 Å². The maximum absolute atomic E-state index is 14.0. The van der Waals surface area contributed by atoms with Crippen LogP contribution in [0.5, 0.6) is 0 Å². The number of thioether (sulfide) groups is 1. The predicted molar refractivity (Wildman–Crippen MR) is 105 cm³/mol. The van der Waals surface area contributed by atoms with Crippen molar-refractivity contribution in [3.05, 3.63) is 71.5 Å². The molecule has 0 bridgehead atoms. The Bertz CT molecular complexity index is 881. The molecule has 7 heteroatoms. The molecule has 1 aromatic heterocycles. The van der Waals surface area contributed by atoms with E-state index in [2.05, 4.69) is 31.8 Å². The summed E-state index contributed by atoms with van der Waals surface area (Å²) in [6.07, 6.45) is 0. The molecule has 4 rings (SSSR count). The predicted octanol–water partition coefficient (Wildman–Crippen LogP) is 3.59. The Morgan fingerprint density at radius 2 is 1.70 bits per heavy atom. The number of anilines is 1. The van der Waals surface area contributed by atoms with Gasteiger partial charge in [0.1, 0.15) is 5.82 Å². The van der Waals surface area contributed by atoms with Gasteiger partial charge in [0.2, 0.25) is 5.95 Å². The van der Waals surface area contributed by atoms with E-state index in [9.17, 15) is 4.39 Å². The van der Waals surface area contributed by atoms with Gasteiger partial charge in [-0.05, 0) is 17.2 Å². The van der Waals surface area contributed by atoms with Gasteiger partial charge in [0.25, 0.3) is 0 Å². The summed E-state index contributed by atoms with van der Waals surface area (Å²) in [5.41, 5.74) is 1.85. The van der Waals surface area contributed by atoms with Gasteiger partial charge in [-0.25, -0.2) is 4.39 Å². The lowest BCUT2D eigenvalue weighted by atomic mass is 10.2. The molecule has 0 saturated carbocycles. The maximum atomic E-state index is 14.0. The summed E-state index contributed by atoms with van der Waals surface area (Å²) in [5.74, 6) is 1.17. The average molecular weight is 384 g/mol. The molecule has 2 aromatic carbocycles. The molecular weight excluding hydrogens is 363 g/mol. The summed E-state index contributed by atoms with van der Waals surface area (Å²) in [7, 11) is 0. The van der Waals surface area contributed by atoms with Gasteiger partial charge in [-0.3, -0.25) is 4.57 Å². The fourth-order valence-corrected chi connectivity index (χ4v) is 3.97. The molecule has 5 nitrogen and oxygen atoms in total. The minimum absolute atomic E-state index is 0.187. The maximum Gasteiger partial charge on any atom is 0.228 e. The Hall–Kier alpha value is -2.38. The number of hydrogen-bond acceptors (Lipinski definition) is 5. The zero-order valence-corrected chi connectivity index (χ0v) is 15.7. The second kappa shape index (κ2) is 8.54. The van der Waals surface area contributed by atoms with Crippen LogP contribution in [0.4, 0.5) is 10.3 Å². The van der Waals surface area contributed by atoms with Crippen molar-refractivity contribution in [3.63, 3.8) is 0 Å². The Morgan fingerprint density at radius 3 is 2.48 bits per heavy atom. The second-order valence-electron chi connectivity index (χ2n) is 6.33. The fourth-order valence-electron chi connectivity index (χ4n) is 3.05. The van der Waals surface area contributed by atoms with Crippen LogP contribution in [-0.2, 0) is 17.0 Å². The van der Waals surface area contributed by atoms with E-state index in [0.717, 1.165) is 24.2 Å². The molecule has 1 aliphatic rings. The SMILES string of the molecule is Fc1ccccc1CSc1nnc(N2CCOCC2)n1Cc1ccccc1. The lowest BCUT2D eigenvalue weighted by Crippen LogP contribution is -2.38. The Kier molecular flexibility index (Phi) is 5.69. The molecule has 0 radical (unpaired) electrons. The highest BCUT2D eigenvalue weighted by molar-refractivity contribution is 7.98. The normalized spacial score (nSPS) is 14.5. The number of ether oxygens (including phenoxy) is 1. The highest BCUT2D eigenvalue weighted by Gasteiger charge is 2.21. The molecule has 0 spiro atoms.